The second-order valence-electron chi connectivity index (χ2n) is 5.65. The van der Waals surface area contributed by atoms with E-state index in [9.17, 15) is 9.90 Å². The van der Waals surface area contributed by atoms with E-state index in [1.54, 1.807) is 24.3 Å². The van der Waals surface area contributed by atoms with Crippen LogP contribution >= 0.6 is 11.8 Å². The van der Waals surface area contributed by atoms with Crippen molar-refractivity contribution in [3.8, 4) is 11.5 Å². The Balaban J connectivity index is 1.88. The Hall–Kier alpha value is -2.73. The predicted molar refractivity (Wildman–Crippen MR) is 101 cm³/mol. The maximum absolute atomic E-state index is 12.2. The van der Waals surface area contributed by atoms with E-state index in [0.717, 1.165) is 16.8 Å². The average molecular weight is 354 g/mol. The summed E-state index contributed by atoms with van der Waals surface area (Å²) < 4.78 is 5.02. The molecule has 0 radical (unpaired) electrons. The molecule has 3 rings (SSSR count). The van der Waals surface area contributed by atoms with E-state index in [0.29, 0.717) is 21.4 Å². The summed E-state index contributed by atoms with van der Waals surface area (Å²) in [5, 5.41) is 13.2. The number of thioether (sulfide) groups is 1. The van der Waals surface area contributed by atoms with Gasteiger partial charge in [0, 0.05) is 0 Å². The number of ether oxygens (including phenoxy) is 1. The summed E-state index contributed by atoms with van der Waals surface area (Å²) in [7, 11) is 1.49. The fourth-order valence-electron chi connectivity index (χ4n) is 2.51. The minimum absolute atomic E-state index is 0.0321. The van der Waals surface area contributed by atoms with Crippen molar-refractivity contribution in [3.63, 3.8) is 0 Å². The summed E-state index contributed by atoms with van der Waals surface area (Å²) in [6.45, 7) is 3.98. The number of phenols is 1. The Morgan fingerprint density at radius 1 is 1.20 bits per heavy atom. The summed E-state index contributed by atoms with van der Waals surface area (Å²) in [5.74, 6) is 0.220. The zero-order chi connectivity index (χ0) is 18.0. The predicted octanol–water partition coefficient (Wildman–Crippen LogP) is 3.91. The van der Waals surface area contributed by atoms with Crippen molar-refractivity contribution < 1.29 is 14.6 Å². The molecule has 0 bridgehead atoms. The number of hydrogen-bond acceptors (Lipinski definition) is 5. The van der Waals surface area contributed by atoms with Gasteiger partial charge in [-0.1, -0.05) is 24.3 Å². The lowest BCUT2D eigenvalue weighted by molar-refractivity contribution is -0.115. The SMILES string of the molecule is COc1ccc(/C=C2/SC(=Nc3c(C)cccc3C)NC2=O)cc1O. The smallest absolute Gasteiger partial charge is 0.264 e. The minimum Gasteiger partial charge on any atom is -0.504 e. The summed E-state index contributed by atoms with van der Waals surface area (Å²) in [6.07, 6.45) is 1.71. The van der Waals surface area contributed by atoms with Crippen LogP contribution in [0.25, 0.3) is 6.08 Å². The highest BCUT2D eigenvalue weighted by molar-refractivity contribution is 8.18. The monoisotopic (exact) mass is 354 g/mol. The molecule has 1 saturated heterocycles. The molecule has 1 heterocycles. The van der Waals surface area contributed by atoms with E-state index >= 15 is 0 Å². The second kappa shape index (κ2) is 7.03. The Kier molecular flexibility index (Phi) is 4.81. The first-order chi connectivity index (χ1) is 12.0. The quantitative estimate of drug-likeness (QED) is 0.820. The molecule has 1 fully saturated rings. The van der Waals surface area contributed by atoms with Crippen LogP contribution in [0.4, 0.5) is 5.69 Å². The van der Waals surface area contributed by atoms with Gasteiger partial charge < -0.3 is 15.2 Å². The van der Waals surface area contributed by atoms with Gasteiger partial charge in [0.25, 0.3) is 5.91 Å². The Morgan fingerprint density at radius 3 is 2.56 bits per heavy atom. The van der Waals surface area contributed by atoms with Crippen molar-refractivity contribution in [1.82, 2.24) is 5.32 Å². The number of hydrogen-bond donors (Lipinski definition) is 2. The molecule has 0 saturated carbocycles. The molecule has 2 aromatic carbocycles. The molecular formula is C19H18N2O3S. The number of amidine groups is 1. The van der Waals surface area contributed by atoms with Gasteiger partial charge in [-0.3, -0.25) is 4.79 Å². The molecule has 6 heteroatoms. The molecule has 0 atom stereocenters. The number of carbonyl (C=O) groups is 1. The molecular weight excluding hydrogens is 336 g/mol. The number of para-hydroxylation sites is 1. The molecule has 2 aromatic rings. The first-order valence-electron chi connectivity index (χ1n) is 7.70. The van der Waals surface area contributed by atoms with E-state index < -0.39 is 0 Å². The highest BCUT2D eigenvalue weighted by atomic mass is 32.2. The van der Waals surface area contributed by atoms with Crippen molar-refractivity contribution in [1.29, 1.82) is 0 Å². The molecule has 5 nitrogen and oxygen atoms in total. The maximum atomic E-state index is 12.2. The molecule has 1 aliphatic heterocycles. The highest BCUT2D eigenvalue weighted by Crippen LogP contribution is 2.32. The number of methoxy groups -OCH3 is 1. The van der Waals surface area contributed by atoms with Gasteiger partial charge >= 0.3 is 0 Å². The fourth-order valence-corrected chi connectivity index (χ4v) is 3.34. The van der Waals surface area contributed by atoms with Crippen LogP contribution in [0.2, 0.25) is 0 Å². The molecule has 1 aliphatic rings. The number of phenolic OH excluding ortho intramolecular Hbond substituents is 1. The van der Waals surface area contributed by atoms with Gasteiger partial charge in [0.2, 0.25) is 0 Å². The largest absolute Gasteiger partial charge is 0.504 e. The molecule has 128 valence electrons. The van der Waals surface area contributed by atoms with Gasteiger partial charge in [-0.2, -0.15) is 0 Å². The third-order valence-corrected chi connectivity index (χ3v) is 4.71. The molecule has 25 heavy (non-hydrogen) atoms. The average Bonchev–Trinajstić information content (AvgIpc) is 2.91. The van der Waals surface area contributed by atoms with Crippen LogP contribution in [0.5, 0.6) is 11.5 Å². The molecule has 0 unspecified atom stereocenters. The maximum Gasteiger partial charge on any atom is 0.264 e. The standard InChI is InChI=1S/C19H18N2O3S/c1-11-5-4-6-12(2)17(11)20-19-21-18(23)16(25-19)10-13-7-8-15(24-3)14(22)9-13/h4-10,22H,1-3H3,(H,20,21,23)/b16-10+. The lowest BCUT2D eigenvalue weighted by Gasteiger charge is -2.04. The summed E-state index contributed by atoms with van der Waals surface area (Å²) in [4.78, 5) is 17.3. The lowest BCUT2D eigenvalue weighted by atomic mass is 10.1. The van der Waals surface area contributed by atoms with Gasteiger partial charge in [-0.25, -0.2) is 4.99 Å². The van der Waals surface area contributed by atoms with Crippen molar-refractivity contribution in [3.05, 3.63) is 58.0 Å². The first-order valence-corrected chi connectivity index (χ1v) is 8.52. The van der Waals surface area contributed by atoms with Crippen LogP contribution in [0, 0.1) is 13.8 Å². The van der Waals surface area contributed by atoms with Crippen LogP contribution in [0.3, 0.4) is 0 Å². The number of amides is 1. The van der Waals surface area contributed by atoms with Crippen molar-refractivity contribution in [2.75, 3.05) is 7.11 Å². The van der Waals surface area contributed by atoms with Crippen molar-refractivity contribution in [2.45, 2.75) is 13.8 Å². The number of aromatic hydroxyl groups is 1. The van der Waals surface area contributed by atoms with Crippen LogP contribution in [-0.2, 0) is 4.79 Å². The number of nitrogens with one attached hydrogen (secondary N) is 1. The van der Waals surface area contributed by atoms with Gasteiger partial charge in [0.15, 0.2) is 16.7 Å². The van der Waals surface area contributed by atoms with Gasteiger partial charge in [0.05, 0.1) is 17.7 Å². The molecule has 2 N–H and O–H groups in total. The number of nitrogens with zero attached hydrogens (tertiary/aromatic N) is 1. The first kappa shape index (κ1) is 17.1. The van der Waals surface area contributed by atoms with Crippen molar-refractivity contribution >= 4 is 34.6 Å². The van der Waals surface area contributed by atoms with E-state index in [2.05, 4.69) is 10.3 Å². The van der Waals surface area contributed by atoms with Gasteiger partial charge in [-0.15, -0.1) is 0 Å². The van der Waals surface area contributed by atoms with E-state index in [1.807, 2.05) is 32.0 Å². The van der Waals surface area contributed by atoms with Crippen molar-refractivity contribution in [2.24, 2.45) is 4.99 Å². The van der Waals surface area contributed by atoms with Crippen LogP contribution in [0.1, 0.15) is 16.7 Å². The summed E-state index contributed by atoms with van der Waals surface area (Å²) >= 11 is 1.28. The van der Waals surface area contributed by atoms with E-state index in [1.165, 1.54) is 18.9 Å². The molecule has 0 aliphatic carbocycles. The van der Waals surface area contributed by atoms with E-state index in [-0.39, 0.29) is 11.7 Å². The Bertz CT molecular complexity index is 883. The molecule has 0 spiro atoms. The zero-order valence-electron chi connectivity index (χ0n) is 14.2. The minimum atomic E-state index is -0.203. The van der Waals surface area contributed by atoms with E-state index in [4.69, 9.17) is 4.74 Å². The third kappa shape index (κ3) is 3.69. The van der Waals surface area contributed by atoms with Gasteiger partial charge in [-0.05, 0) is 60.5 Å². The number of benzene rings is 2. The normalized spacial score (nSPS) is 17.2. The zero-order valence-corrected chi connectivity index (χ0v) is 15.0. The number of aliphatic imine (C=N–C) groups is 1. The molecule has 1 amide bonds. The molecule has 0 aromatic heterocycles. The fraction of sp³-hybridized carbons (Fsp3) is 0.158. The Morgan fingerprint density at radius 2 is 1.92 bits per heavy atom. The summed E-state index contributed by atoms with van der Waals surface area (Å²) in [6, 6.07) is 11.0. The highest BCUT2D eigenvalue weighted by Gasteiger charge is 2.24. The number of aryl methyl sites for hydroxylation is 2. The van der Waals surface area contributed by atoms with Crippen LogP contribution < -0.4 is 10.1 Å². The Labute approximate surface area is 150 Å². The van der Waals surface area contributed by atoms with Gasteiger partial charge in [0.1, 0.15) is 0 Å². The number of rotatable bonds is 3. The van der Waals surface area contributed by atoms with Crippen LogP contribution in [0.15, 0.2) is 46.3 Å². The summed E-state index contributed by atoms with van der Waals surface area (Å²) in [5.41, 5.74) is 3.69. The second-order valence-corrected chi connectivity index (χ2v) is 6.68. The topological polar surface area (TPSA) is 70.9 Å². The lowest BCUT2D eigenvalue weighted by Crippen LogP contribution is -2.19. The number of carbonyl (C=O) groups excluding carboxylic acids is 1. The third-order valence-electron chi connectivity index (χ3n) is 3.80. The van der Waals surface area contributed by atoms with Crippen LogP contribution in [-0.4, -0.2) is 23.3 Å².